The van der Waals surface area contributed by atoms with Gasteiger partial charge in [-0.05, 0) is 30.7 Å². The van der Waals surface area contributed by atoms with Crippen molar-refractivity contribution in [3.05, 3.63) is 59.2 Å². The highest BCUT2D eigenvalue weighted by Gasteiger charge is 2.25. The van der Waals surface area contributed by atoms with E-state index in [1.165, 1.54) is 0 Å². The molecule has 3 aromatic rings. The Kier molecular flexibility index (Phi) is 6.34. The molecule has 0 aliphatic carbocycles. The Morgan fingerprint density at radius 2 is 2.03 bits per heavy atom. The molecule has 4 rings (SSSR count). The minimum absolute atomic E-state index is 0.00786. The molecule has 0 atom stereocenters. The van der Waals surface area contributed by atoms with E-state index in [1.54, 1.807) is 28.6 Å². The zero-order valence-corrected chi connectivity index (χ0v) is 17.2. The van der Waals surface area contributed by atoms with Crippen LogP contribution in [0.4, 0.5) is 5.69 Å². The van der Waals surface area contributed by atoms with E-state index < -0.39 is 0 Å². The summed E-state index contributed by atoms with van der Waals surface area (Å²) >= 11 is 1.63. The smallest absolute Gasteiger partial charge is 0.265 e. The molecule has 2 amide bonds. The lowest BCUT2D eigenvalue weighted by Gasteiger charge is -2.29. The van der Waals surface area contributed by atoms with Gasteiger partial charge >= 0.3 is 0 Å². The second kappa shape index (κ2) is 9.49. The average molecular weight is 423 g/mol. The molecule has 7 nitrogen and oxygen atoms in total. The highest BCUT2D eigenvalue weighted by Crippen LogP contribution is 2.31. The number of aromatic nitrogens is 2. The van der Waals surface area contributed by atoms with Crippen LogP contribution >= 0.6 is 11.3 Å². The van der Waals surface area contributed by atoms with E-state index in [0.717, 1.165) is 34.8 Å². The monoisotopic (exact) mass is 422 g/mol. The van der Waals surface area contributed by atoms with Crippen LogP contribution in [0.15, 0.2) is 54.2 Å². The number of thiazole rings is 1. The van der Waals surface area contributed by atoms with Gasteiger partial charge in [0.2, 0.25) is 5.91 Å². The van der Waals surface area contributed by atoms with Crippen LogP contribution < -0.4 is 15.0 Å². The number of para-hydroxylation sites is 2. The summed E-state index contributed by atoms with van der Waals surface area (Å²) in [4.78, 5) is 34.6. The van der Waals surface area contributed by atoms with Crippen LogP contribution in [0.25, 0.3) is 11.3 Å². The summed E-state index contributed by atoms with van der Waals surface area (Å²) < 4.78 is 5.42. The van der Waals surface area contributed by atoms with Crippen LogP contribution in [0.5, 0.6) is 5.75 Å². The Labute approximate surface area is 178 Å². The number of rotatable bonds is 8. The van der Waals surface area contributed by atoms with Crippen molar-refractivity contribution in [3.8, 4) is 17.0 Å². The number of amides is 2. The molecule has 1 aromatic carbocycles. The second-order valence-electron chi connectivity index (χ2n) is 6.87. The van der Waals surface area contributed by atoms with Gasteiger partial charge in [0.05, 0.1) is 16.4 Å². The maximum Gasteiger partial charge on any atom is 0.265 e. The zero-order valence-electron chi connectivity index (χ0n) is 16.4. The minimum Gasteiger partial charge on any atom is -0.482 e. The Bertz CT molecular complexity index is 1020. The maximum atomic E-state index is 12.2. The van der Waals surface area contributed by atoms with E-state index in [1.807, 2.05) is 41.8 Å². The van der Waals surface area contributed by atoms with Crippen LogP contribution in [0.1, 0.15) is 17.8 Å². The van der Waals surface area contributed by atoms with Crippen molar-refractivity contribution in [2.24, 2.45) is 0 Å². The minimum atomic E-state index is -0.129. The Morgan fingerprint density at radius 3 is 2.90 bits per heavy atom. The van der Waals surface area contributed by atoms with E-state index in [-0.39, 0.29) is 24.8 Å². The molecule has 0 radical (unpaired) electrons. The van der Waals surface area contributed by atoms with Crippen LogP contribution in [0, 0.1) is 0 Å². The molecule has 1 aliphatic heterocycles. The van der Waals surface area contributed by atoms with Crippen molar-refractivity contribution in [1.82, 2.24) is 15.3 Å². The Hall–Kier alpha value is -3.26. The lowest BCUT2D eigenvalue weighted by atomic mass is 10.2. The number of nitrogens with zero attached hydrogens (tertiary/aromatic N) is 3. The summed E-state index contributed by atoms with van der Waals surface area (Å²) in [5.41, 5.74) is 2.73. The number of aryl methyl sites for hydroxylation is 1. The highest BCUT2D eigenvalue weighted by atomic mass is 32.1. The predicted molar refractivity (Wildman–Crippen MR) is 116 cm³/mol. The standard InChI is InChI=1S/C22H22N4O3S/c27-20(9-13-26-18-4-1-2-5-19(18)29-14-22(26)28)24-10-3-6-21-25-17(15-30-21)16-7-11-23-12-8-16/h1-2,4-5,7-8,11-12,15H,3,6,9-10,13-14H2,(H,24,27). The summed E-state index contributed by atoms with van der Waals surface area (Å²) in [5.74, 6) is 0.478. The van der Waals surface area contributed by atoms with Crippen molar-refractivity contribution >= 4 is 28.8 Å². The maximum absolute atomic E-state index is 12.2. The summed E-state index contributed by atoms with van der Waals surface area (Å²) in [5, 5.41) is 6.02. The van der Waals surface area contributed by atoms with Gasteiger partial charge in [-0.1, -0.05) is 12.1 Å². The van der Waals surface area contributed by atoms with Gasteiger partial charge in [-0.3, -0.25) is 14.6 Å². The summed E-state index contributed by atoms with van der Waals surface area (Å²) in [7, 11) is 0. The molecular weight excluding hydrogens is 400 g/mol. The van der Waals surface area contributed by atoms with Gasteiger partial charge < -0.3 is 15.0 Å². The van der Waals surface area contributed by atoms with Gasteiger partial charge in [0.15, 0.2) is 6.61 Å². The number of nitrogens with one attached hydrogen (secondary N) is 1. The molecule has 0 saturated heterocycles. The number of carbonyl (C=O) groups is 2. The molecule has 8 heteroatoms. The van der Waals surface area contributed by atoms with E-state index in [4.69, 9.17) is 4.74 Å². The third-order valence-electron chi connectivity index (χ3n) is 4.79. The number of anilines is 1. The molecule has 154 valence electrons. The first-order chi connectivity index (χ1) is 14.7. The Morgan fingerprint density at radius 1 is 1.20 bits per heavy atom. The lowest BCUT2D eigenvalue weighted by Crippen LogP contribution is -2.41. The topological polar surface area (TPSA) is 84.4 Å². The number of fused-ring (bicyclic) bond motifs is 1. The lowest BCUT2D eigenvalue weighted by molar-refractivity contribution is -0.122. The fourth-order valence-electron chi connectivity index (χ4n) is 3.25. The van der Waals surface area contributed by atoms with Gasteiger partial charge in [-0.25, -0.2) is 4.98 Å². The second-order valence-corrected chi connectivity index (χ2v) is 7.81. The first kappa shape index (κ1) is 20.0. The van der Waals surface area contributed by atoms with Crippen LogP contribution in [0.3, 0.4) is 0 Å². The molecule has 0 spiro atoms. The molecular formula is C22H22N4O3S. The molecule has 30 heavy (non-hydrogen) atoms. The van der Waals surface area contributed by atoms with Crippen molar-refractivity contribution in [2.75, 3.05) is 24.6 Å². The Balaban J connectivity index is 1.20. The summed E-state index contributed by atoms with van der Waals surface area (Å²) in [6.45, 7) is 0.928. The fourth-order valence-corrected chi connectivity index (χ4v) is 4.10. The van der Waals surface area contributed by atoms with Crippen LogP contribution in [-0.2, 0) is 16.0 Å². The number of hydrogen-bond acceptors (Lipinski definition) is 6. The van der Waals surface area contributed by atoms with Crippen LogP contribution in [0.2, 0.25) is 0 Å². The highest BCUT2D eigenvalue weighted by molar-refractivity contribution is 7.09. The predicted octanol–water partition coefficient (Wildman–Crippen LogP) is 3.07. The largest absolute Gasteiger partial charge is 0.482 e. The normalized spacial score (nSPS) is 12.9. The molecule has 0 bridgehead atoms. The van der Waals surface area contributed by atoms with Crippen LogP contribution in [-0.4, -0.2) is 41.5 Å². The average Bonchev–Trinajstić information content (AvgIpc) is 3.26. The molecule has 3 heterocycles. The van der Waals surface area contributed by atoms with E-state index in [9.17, 15) is 9.59 Å². The number of ether oxygens (including phenoxy) is 1. The van der Waals surface area contributed by atoms with Crippen molar-refractivity contribution < 1.29 is 14.3 Å². The number of pyridine rings is 1. The number of benzene rings is 1. The number of hydrogen-bond donors (Lipinski definition) is 1. The van der Waals surface area contributed by atoms with E-state index in [0.29, 0.717) is 18.8 Å². The van der Waals surface area contributed by atoms with Gasteiger partial charge in [0, 0.05) is 49.3 Å². The van der Waals surface area contributed by atoms with E-state index in [2.05, 4.69) is 15.3 Å². The first-order valence-electron chi connectivity index (χ1n) is 9.84. The molecule has 1 aliphatic rings. The van der Waals surface area contributed by atoms with Gasteiger partial charge in [0.1, 0.15) is 5.75 Å². The third kappa shape index (κ3) is 4.83. The fraction of sp³-hybridized carbons (Fsp3) is 0.273. The summed E-state index contributed by atoms with van der Waals surface area (Å²) in [6, 6.07) is 11.3. The molecule has 1 N–H and O–H groups in total. The van der Waals surface area contributed by atoms with Gasteiger partial charge in [0.25, 0.3) is 5.91 Å². The quantitative estimate of drug-likeness (QED) is 0.564. The SMILES string of the molecule is O=C(CCN1C(=O)COc2ccccc21)NCCCc1nc(-c2ccncc2)cs1. The van der Waals surface area contributed by atoms with Crippen molar-refractivity contribution in [1.29, 1.82) is 0 Å². The third-order valence-corrected chi connectivity index (χ3v) is 5.70. The molecule has 2 aromatic heterocycles. The van der Waals surface area contributed by atoms with Crippen molar-refractivity contribution in [2.45, 2.75) is 19.3 Å². The molecule has 0 unspecified atom stereocenters. The van der Waals surface area contributed by atoms with Gasteiger partial charge in [-0.15, -0.1) is 11.3 Å². The molecule has 0 fully saturated rings. The first-order valence-corrected chi connectivity index (χ1v) is 10.7. The zero-order chi connectivity index (χ0) is 20.8. The molecule has 0 saturated carbocycles. The van der Waals surface area contributed by atoms with Gasteiger partial charge in [-0.2, -0.15) is 0 Å². The summed E-state index contributed by atoms with van der Waals surface area (Å²) in [6.07, 6.45) is 5.39. The van der Waals surface area contributed by atoms with Crippen molar-refractivity contribution in [3.63, 3.8) is 0 Å². The van der Waals surface area contributed by atoms with E-state index >= 15 is 0 Å². The number of carbonyl (C=O) groups excluding carboxylic acids is 2.